The first-order valence-electron chi connectivity index (χ1n) is 6.51. The fourth-order valence-electron chi connectivity index (χ4n) is 1.92. The predicted molar refractivity (Wildman–Crippen MR) is 82.5 cm³/mol. The lowest BCUT2D eigenvalue weighted by Crippen LogP contribution is -2.25. The molecule has 1 N–H and O–H groups in total. The number of nitrogens with zero attached hydrogens (tertiary/aromatic N) is 1. The molecule has 2 rings (SSSR count). The van der Waals surface area contributed by atoms with Crippen molar-refractivity contribution in [1.82, 2.24) is 10.3 Å². The van der Waals surface area contributed by atoms with E-state index in [-0.39, 0.29) is 12.4 Å². The normalized spacial score (nSPS) is 11.6. The second-order valence-electron chi connectivity index (χ2n) is 4.67. The number of aromatic nitrogens is 1. The minimum absolute atomic E-state index is 0. The van der Waals surface area contributed by atoms with E-state index in [0.29, 0.717) is 6.04 Å². The highest BCUT2D eigenvalue weighted by atomic mass is 35.5. The lowest BCUT2D eigenvalue weighted by molar-refractivity contribution is 0.513. The molecule has 1 atom stereocenters. The zero-order valence-corrected chi connectivity index (χ0v) is 12.1. The maximum absolute atomic E-state index is 4.12. The number of halogens is 1. The molecule has 19 heavy (non-hydrogen) atoms. The van der Waals surface area contributed by atoms with Gasteiger partial charge in [-0.1, -0.05) is 36.4 Å². The Kier molecular flexibility index (Phi) is 7.16. The van der Waals surface area contributed by atoms with Crippen LogP contribution in [-0.2, 0) is 13.0 Å². The van der Waals surface area contributed by atoms with Crippen LogP contribution in [0.2, 0.25) is 0 Å². The summed E-state index contributed by atoms with van der Waals surface area (Å²) >= 11 is 0. The van der Waals surface area contributed by atoms with Crippen LogP contribution in [0.3, 0.4) is 0 Å². The van der Waals surface area contributed by atoms with Crippen LogP contribution in [0.4, 0.5) is 0 Å². The Morgan fingerprint density at radius 3 is 2.47 bits per heavy atom. The molecule has 0 spiro atoms. The Labute approximate surface area is 121 Å². The Bertz CT molecular complexity index is 401. The fraction of sp³-hybridized carbons (Fsp3) is 0.312. The SMILES string of the molecule is CC(CCc1ccccc1)NCc1cccnc1.Cl. The van der Waals surface area contributed by atoms with Gasteiger partial charge in [0.2, 0.25) is 0 Å². The van der Waals surface area contributed by atoms with Gasteiger partial charge in [-0.05, 0) is 37.0 Å². The molecule has 1 heterocycles. The molecule has 2 aromatic rings. The second-order valence-corrected chi connectivity index (χ2v) is 4.67. The first-order chi connectivity index (χ1) is 8.84. The summed E-state index contributed by atoms with van der Waals surface area (Å²) in [7, 11) is 0. The molecule has 102 valence electrons. The summed E-state index contributed by atoms with van der Waals surface area (Å²) in [6.07, 6.45) is 6.01. The van der Waals surface area contributed by atoms with Crippen molar-refractivity contribution in [3.8, 4) is 0 Å². The van der Waals surface area contributed by atoms with Gasteiger partial charge < -0.3 is 5.32 Å². The first-order valence-corrected chi connectivity index (χ1v) is 6.51. The molecule has 1 aromatic carbocycles. The Morgan fingerprint density at radius 1 is 1.05 bits per heavy atom. The highest BCUT2D eigenvalue weighted by Gasteiger charge is 2.02. The molecule has 0 fully saturated rings. The number of nitrogens with one attached hydrogen (secondary N) is 1. The molecule has 2 nitrogen and oxygen atoms in total. The number of pyridine rings is 1. The van der Waals surface area contributed by atoms with Crippen molar-refractivity contribution in [2.24, 2.45) is 0 Å². The maximum atomic E-state index is 4.12. The smallest absolute Gasteiger partial charge is 0.0312 e. The molecule has 0 aliphatic heterocycles. The lowest BCUT2D eigenvalue weighted by atomic mass is 10.1. The number of aryl methyl sites for hydroxylation is 1. The molecule has 1 unspecified atom stereocenters. The second kappa shape index (κ2) is 8.68. The van der Waals surface area contributed by atoms with Gasteiger partial charge in [0, 0.05) is 25.0 Å². The van der Waals surface area contributed by atoms with Crippen LogP contribution in [0.1, 0.15) is 24.5 Å². The van der Waals surface area contributed by atoms with E-state index in [4.69, 9.17) is 0 Å². The summed E-state index contributed by atoms with van der Waals surface area (Å²) in [5.41, 5.74) is 2.65. The molecule has 0 aliphatic carbocycles. The van der Waals surface area contributed by atoms with E-state index in [1.807, 2.05) is 18.5 Å². The van der Waals surface area contributed by atoms with E-state index >= 15 is 0 Å². The number of hydrogen-bond acceptors (Lipinski definition) is 2. The molecular weight excluding hydrogens is 256 g/mol. The van der Waals surface area contributed by atoms with Crippen molar-refractivity contribution in [2.45, 2.75) is 32.4 Å². The van der Waals surface area contributed by atoms with E-state index in [0.717, 1.165) is 19.4 Å². The third-order valence-electron chi connectivity index (χ3n) is 3.09. The summed E-state index contributed by atoms with van der Waals surface area (Å²) < 4.78 is 0. The quantitative estimate of drug-likeness (QED) is 0.872. The van der Waals surface area contributed by atoms with E-state index in [1.165, 1.54) is 11.1 Å². The molecule has 0 saturated heterocycles. The number of benzene rings is 1. The zero-order chi connectivity index (χ0) is 12.6. The topological polar surface area (TPSA) is 24.9 Å². The fourth-order valence-corrected chi connectivity index (χ4v) is 1.92. The summed E-state index contributed by atoms with van der Waals surface area (Å²) in [5.74, 6) is 0. The summed E-state index contributed by atoms with van der Waals surface area (Å²) in [4.78, 5) is 4.12. The van der Waals surface area contributed by atoms with Gasteiger partial charge in [-0.3, -0.25) is 4.98 Å². The summed E-state index contributed by atoms with van der Waals surface area (Å²) in [5, 5.41) is 3.53. The average Bonchev–Trinajstić information content (AvgIpc) is 2.45. The third kappa shape index (κ3) is 5.86. The average molecular weight is 277 g/mol. The van der Waals surface area contributed by atoms with Crippen LogP contribution < -0.4 is 5.32 Å². The van der Waals surface area contributed by atoms with Crippen LogP contribution in [0.5, 0.6) is 0 Å². The molecule has 1 aromatic heterocycles. The molecule has 0 radical (unpaired) electrons. The Morgan fingerprint density at radius 2 is 1.79 bits per heavy atom. The minimum Gasteiger partial charge on any atom is -0.310 e. The van der Waals surface area contributed by atoms with Crippen molar-refractivity contribution >= 4 is 12.4 Å². The predicted octanol–water partition coefficient (Wildman–Crippen LogP) is 3.61. The number of hydrogen-bond donors (Lipinski definition) is 1. The van der Waals surface area contributed by atoms with E-state index in [1.54, 1.807) is 0 Å². The molecule has 0 bridgehead atoms. The van der Waals surface area contributed by atoms with Gasteiger partial charge in [0.25, 0.3) is 0 Å². The van der Waals surface area contributed by atoms with Gasteiger partial charge >= 0.3 is 0 Å². The largest absolute Gasteiger partial charge is 0.310 e. The minimum atomic E-state index is 0. The van der Waals surface area contributed by atoms with Crippen LogP contribution in [0.15, 0.2) is 54.9 Å². The van der Waals surface area contributed by atoms with Crippen LogP contribution in [0.25, 0.3) is 0 Å². The van der Waals surface area contributed by atoms with Crippen LogP contribution in [-0.4, -0.2) is 11.0 Å². The standard InChI is InChI=1S/C16H20N2.ClH/c1-14(9-10-15-6-3-2-4-7-15)18-13-16-8-5-11-17-12-16;/h2-8,11-12,14,18H,9-10,13H2,1H3;1H. The number of rotatable bonds is 6. The first kappa shape index (κ1) is 15.7. The molecule has 0 aliphatic rings. The lowest BCUT2D eigenvalue weighted by Gasteiger charge is -2.13. The van der Waals surface area contributed by atoms with Gasteiger partial charge in [-0.15, -0.1) is 12.4 Å². The van der Waals surface area contributed by atoms with Crippen LogP contribution >= 0.6 is 12.4 Å². The molecule has 3 heteroatoms. The van der Waals surface area contributed by atoms with Gasteiger partial charge in [0.1, 0.15) is 0 Å². The van der Waals surface area contributed by atoms with Crippen LogP contribution in [0, 0.1) is 0 Å². The van der Waals surface area contributed by atoms with Gasteiger partial charge in [0.05, 0.1) is 0 Å². The van der Waals surface area contributed by atoms with Crippen molar-refractivity contribution < 1.29 is 0 Å². The molecular formula is C16H21ClN2. The Hall–Kier alpha value is -1.38. The van der Waals surface area contributed by atoms with Gasteiger partial charge in [-0.25, -0.2) is 0 Å². The van der Waals surface area contributed by atoms with Gasteiger partial charge in [0.15, 0.2) is 0 Å². The Balaban J connectivity index is 0.00000180. The highest BCUT2D eigenvalue weighted by molar-refractivity contribution is 5.85. The maximum Gasteiger partial charge on any atom is 0.0312 e. The molecule has 0 saturated carbocycles. The van der Waals surface area contributed by atoms with Gasteiger partial charge in [-0.2, -0.15) is 0 Å². The summed E-state index contributed by atoms with van der Waals surface area (Å²) in [6, 6.07) is 15.2. The monoisotopic (exact) mass is 276 g/mol. The van der Waals surface area contributed by atoms with E-state index in [9.17, 15) is 0 Å². The van der Waals surface area contributed by atoms with Crippen molar-refractivity contribution in [3.63, 3.8) is 0 Å². The zero-order valence-electron chi connectivity index (χ0n) is 11.3. The van der Waals surface area contributed by atoms with E-state index in [2.05, 4.69) is 53.6 Å². The van der Waals surface area contributed by atoms with Crippen molar-refractivity contribution in [1.29, 1.82) is 0 Å². The highest BCUT2D eigenvalue weighted by Crippen LogP contribution is 2.05. The van der Waals surface area contributed by atoms with E-state index < -0.39 is 0 Å². The van der Waals surface area contributed by atoms with Crippen molar-refractivity contribution in [3.05, 3.63) is 66.0 Å². The summed E-state index contributed by atoms with van der Waals surface area (Å²) in [6.45, 7) is 3.13. The molecule has 0 amide bonds. The van der Waals surface area contributed by atoms with Crippen molar-refractivity contribution in [2.75, 3.05) is 0 Å². The third-order valence-corrected chi connectivity index (χ3v) is 3.09.